The van der Waals surface area contributed by atoms with Gasteiger partial charge in [0.15, 0.2) is 0 Å². The van der Waals surface area contributed by atoms with Crippen LogP contribution < -0.4 is 5.32 Å². The molecule has 1 heterocycles. The number of hydrogen-bond donors (Lipinski definition) is 1. The van der Waals surface area contributed by atoms with E-state index in [0.717, 1.165) is 35.6 Å². The predicted octanol–water partition coefficient (Wildman–Crippen LogP) is 5.84. The number of anilines is 1. The van der Waals surface area contributed by atoms with Gasteiger partial charge in [0.05, 0.1) is 11.7 Å². The van der Waals surface area contributed by atoms with Crippen molar-refractivity contribution in [1.29, 1.82) is 0 Å². The van der Waals surface area contributed by atoms with Crippen molar-refractivity contribution in [2.75, 3.05) is 5.32 Å². The lowest BCUT2D eigenvalue weighted by Crippen LogP contribution is -2.18. The lowest BCUT2D eigenvalue weighted by atomic mass is 9.88. The number of thiophene rings is 1. The molecule has 150 valence electrons. The number of carbonyl (C=O) groups is 2. The van der Waals surface area contributed by atoms with Crippen molar-refractivity contribution in [3.05, 3.63) is 64.0 Å². The van der Waals surface area contributed by atoms with Crippen molar-refractivity contribution in [2.45, 2.75) is 46.1 Å². The van der Waals surface area contributed by atoms with Crippen LogP contribution in [0.3, 0.4) is 0 Å². The lowest BCUT2D eigenvalue weighted by Gasteiger charge is -2.19. The first-order valence-corrected chi connectivity index (χ1v) is 10.9. The van der Waals surface area contributed by atoms with Gasteiger partial charge in [0.1, 0.15) is 5.00 Å². The van der Waals surface area contributed by atoms with Crippen molar-refractivity contribution < 1.29 is 14.3 Å². The molecule has 1 atom stereocenters. The highest BCUT2D eigenvalue weighted by atomic mass is 32.1. The molecular formula is C24H25NO3S. The molecule has 0 bridgehead atoms. The molecule has 0 saturated heterocycles. The molecule has 4 nitrogen and oxygen atoms in total. The molecule has 0 radical (unpaired) electrons. The number of nitrogens with one attached hydrogen (secondary N) is 1. The Labute approximate surface area is 174 Å². The Kier molecular flexibility index (Phi) is 5.41. The van der Waals surface area contributed by atoms with E-state index in [9.17, 15) is 9.59 Å². The maximum Gasteiger partial charge on any atom is 0.341 e. The van der Waals surface area contributed by atoms with Crippen LogP contribution in [0.25, 0.3) is 10.8 Å². The van der Waals surface area contributed by atoms with Gasteiger partial charge in [-0.1, -0.05) is 43.3 Å². The van der Waals surface area contributed by atoms with E-state index in [1.165, 1.54) is 16.2 Å². The molecule has 0 saturated carbocycles. The summed E-state index contributed by atoms with van der Waals surface area (Å²) in [4.78, 5) is 27.2. The summed E-state index contributed by atoms with van der Waals surface area (Å²) < 4.78 is 5.50. The third-order valence-corrected chi connectivity index (χ3v) is 6.49. The summed E-state index contributed by atoms with van der Waals surface area (Å²) in [5.74, 6) is 0.0315. The Bertz CT molecular complexity index is 1080. The smallest absolute Gasteiger partial charge is 0.341 e. The molecule has 1 amide bonds. The highest BCUT2D eigenvalue weighted by Crippen LogP contribution is 2.40. The van der Waals surface area contributed by atoms with E-state index in [0.29, 0.717) is 22.0 Å². The van der Waals surface area contributed by atoms with E-state index in [-0.39, 0.29) is 18.0 Å². The Balaban J connectivity index is 1.72. The van der Waals surface area contributed by atoms with E-state index in [2.05, 4.69) is 12.2 Å². The van der Waals surface area contributed by atoms with Gasteiger partial charge in [0, 0.05) is 10.4 Å². The number of carbonyl (C=O) groups excluding carboxylic acids is 2. The van der Waals surface area contributed by atoms with Crippen LogP contribution in [-0.2, 0) is 17.6 Å². The van der Waals surface area contributed by atoms with Crippen LogP contribution in [-0.4, -0.2) is 18.0 Å². The quantitative estimate of drug-likeness (QED) is 0.553. The van der Waals surface area contributed by atoms with E-state index < -0.39 is 0 Å². The average Bonchev–Trinajstić information content (AvgIpc) is 3.03. The SMILES string of the molecule is CC1CCc2c(sc(NC(=O)c3cccc4ccccc34)c2C(=O)OC(C)C)C1. The molecule has 1 unspecified atom stereocenters. The summed E-state index contributed by atoms with van der Waals surface area (Å²) in [7, 11) is 0. The fraction of sp³-hybridized carbons (Fsp3) is 0.333. The molecule has 2 aromatic carbocycles. The van der Waals surface area contributed by atoms with Gasteiger partial charge in [-0.05, 0) is 61.4 Å². The number of fused-ring (bicyclic) bond motifs is 2. The summed E-state index contributed by atoms with van der Waals surface area (Å²) in [6.45, 7) is 5.91. The zero-order chi connectivity index (χ0) is 20.5. The molecule has 4 rings (SSSR count). The van der Waals surface area contributed by atoms with Crippen molar-refractivity contribution in [1.82, 2.24) is 0 Å². The number of amides is 1. The van der Waals surface area contributed by atoms with E-state index in [1.54, 1.807) is 0 Å². The number of esters is 1. The zero-order valence-electron chi connectivity index (χ0n) is 17.0. The fourth-order valence-electron chi connectivity index (χ4n) is 3.92. The minimum Gasteiger partial charge on any atom is -0.459 e. The van der Waals surface area contributed by atoms with Crippen molar-refractivity contribution in [3.8, 4) is 0 Å². The normalized spacial score (nSPS) is 15.9. The van der Waals surface area contributed by atoms with Gasteiger partial charge in [0.2, 0.25) is 0 Å². The maximum absolute atomic E-state index is 13.1. The average molecular weight is 408 g/mol. The van der Waals surface area contributed by atoms with Crippen LogP contribution in [0.15, 0.2) is 42.5 Å². The fourth-order valence-corrected chi connectivity index (χ4v) is 5.32. The van der Waals surface area contributed by atoms with Gasteiger partial charge in [0.25, 0.3) is 5.91 Å². The molecule has 1 aliphatic carbocycles. The molecule has 0 spiro atoms. The van der Waals surface area contributed by atoms with Crippen molar-refractivity contribution in [2.24, 2.45) is 5.92 Å². The highest BCUT2D eigenvalue weighted by Gasteiger charge is 2.30. The summed E-state index contributed by atoms with van der Waals surface area (Å²) in [6, 6.07) is 13.5. The molecule has 3 aromatic rings. The van der Waals surface area contributed by atoms with Crippen molar-refractivity contribution in [3.63, 3.8) is 0 Å². The standard InChI is InChI=1S/C24H25NO3S/c1-14(2)28-24(27)21-19-12-11-15(3)13-20(19)29-23(21)25-22(26)18-10-6-8-16-7-4-5-9-17(16)18/h4-10,14-15H,11-13H2,1-3H3,(H,25,26). The van der Waals surface area contributed by atoms with E-state index >= 15 is 0 Å². The van der Waals surface area contributed by atoms with E-state index in [1.807, 2.05) is 56.3 Å². The van der Waals surface area contributed by atoms with Crippen molar-refractivity contribution >= 4 is 39.0 Å². The largest absolute Gasteiger partial charge is 0.459 e. The Hall–Kier alpha value is -2.66. The third kappa shape index (κ3) is 3.92. The first kappa shape index (κ1) is 19.6. The number of hydrogen-bond acceptors (Lipinski definition) is 4. The maximum atomic E-state index is 13.1. The Morgan fingerprint density at radius 1 is 1.14 bits per heavy atom. The monoisotopic (exact) mass is 407 g/mol. The molecule has 1 N–H and O–H groups in total. The molecule has 29 heavy (non-hydrogen) atoms. The Morgan fingerprint density at radius 2 is 1.90 bits per heavy atom. The van der Waals surface area contributed by atoms with Gasteiger partial charge in [-0.25, -0.2) is 4.79 Å². The predicted molar refractivity (Wildman–Crippen MR) is 118 cm³/mol. The summed E-state index contributed by atoms with van der Waals surface area (Å²) in [5.41, 5.74) is 2.19. The summed E-state index contributed by atoms with van der Waals surface area (Å²) in [5, 5.41) is 5.54. The number of rotatable bonds is 4. The second kappa shape index (κ2) is 7.99. The summed E-state index contributed by atoms with van der Waals surface area (Å²) >= 11 is 1.52. The third-order valence-electron chi connectivity index (χ3n) is 5.32. The molecule has 0 fully saturated rings. The van der Waals surface area contributed by atoms with E-state index in [4.69, 9.17) is 4.74 Å². The van der Waals surface area contributed by atoms with Crippen LogP contribution >= 0.6 is 11.3 Å². The molecule has 5 heteroatoms. The van der Waals surface area contributed by atoms with Crippen LogP contribution in [0, 0.1) is 5.92 Å². The van der Waals surface area contributed by atoms with Gasteiger partial charge in [-0.15, -0.1) is 11.3 Å². The molecule has 1 aromatic heterocycles. The molecule has 0 aliphatic heterocycles. The van der Waals surface area contributed by atoms with Crippen LogP contribution in [0.5, 0.6) is 0 Å². The van der Waals surface area contributed by atoms with Gasteiger partial charge in [-0.3, -0.25) is 4.79 Å². The highest BCUT2D eigenvalue weighted by molar-refractivity contribution is 7.17. The lowest BCUT2D eigenvalue weighted by molar-refractivity contribution is 0.0378. The van der Waals surface area contributed by atoms with Gasteiger partial charge in [-0.2, -0.15) is 0 Å². The second-order valence-electron chi connectivity index (χ2n) is 7.99. The topological polar surface area (TPSA) is 55.4 Å². The zero-order valence-corrected chi connectivity index (χ0v) is 17.8. The first-order chi connectivity index (χ1) is 13.9. The minimum absolute atomic E-state index is 0.202. The van der Waals surface area contributed by atoms with Crippen LogP contribution in [0.1, 0.15) is 58.3 Å². The summed E-state index contributed by atoms with van der Waals surface area (Å²) in [6.07, 6.45) is 2.62. The van der Waals surface area contributed by atoms with Gasteiger partial charge < -0.3 is 10.1 Å². The minimum atomic E-state index is -0.347. The number of ether oxygens (including phenoxy) is 1. The van der Waals surface area contributed by atoms with Crippen LogP contribution in [0.4, 0.5) is 5.00 Å². The molecule has 1 aliphatic rings. The second-order valence-corrected chi connectivity index (χ2v) is 9.10. The first-order valence-electron chi connectivity index (χ1n) is 10.1. The van der Waals surface area contributed by atoms with Crippen LogP contribution in [0.2, 0.25) is 0 Å². The van der Waals surface area contributed by atoms with Gasteiger partial charge >= 0.3 is 5.97 Å². The molecular weight excluding hydrogens is 382 g/mol. The number of benzene rings is 2. The Morgan fingerprint density at radius 3 is 2.69 bits per heavy atom.